The summed E-state index contributed by atoms with van der Waals surface area (Å²) in [5, 5.41) is 21.8. The molecule has 122 valence electrons. The van der Waals surface area contributed by atoms with Crippen molar-refractivity contribution >= 4 is 49.8 Å². The number of hydrogen-bond acceptors (Lipinski definition) is 9. The predicted molar refractivity (Wildman–Crippen MR) is 80.3 cm³/mol. The molecule has 1 aromatic heterocycles. The van der Waals surface area contributed by atoms with Crippen molar-refractivity contribution in [2.24, 2.45) is 0 Å². The van der Waals surface area contributed by atoms with E-state index in [-0.39, 0.29) is 22.0 Å². The Morgan fingerprint density at radius 3 is 2.61 bits per heavy atom. The predicted octanol–water partition coefficient (Wildman–Crippen LogP) is 2.55. The zero-order chi connectivity index (χ0) is 16.8. The highest BCUT2D eigenvalue weighted by atomic mass is 32.2. The topological polar surface area (TPSA) is 152 Å². The molecule has 0 saturated heterocycles. The maximum absolute atomic E-state index is 11.6. The van der Waals surface area contributed by atoms with Gasteiger partial charge in [0.15, 0.2) is 5.75 Å². The maximum Gasteiger partial charge on any atom is 0.299 e. The van der Waals surface area contributed by atoms with Crippen LogP contribution in [0.5, 0.6) is 5.75 Å². The van der Waals surface area contributed by atoms with Crippen LogP contribution in [0.25, 0.3) is 21.9 Å². The van der Waals surface area contributed by atoms with Gasteiger partial charge < -0.3 is 15.3 Å². The zero-order valence-corrected chi connectivity index (χ0v) is 12.7. The molecule has 0 spiro atoms. The van der Waals surface area contributed by atoms with Crippen molar-refractivity contribution < 1.29 is 37.1 Å². The third kappa shape index (κ3) is 2.69. The van der Waals surface area contributed by atoms with Crippen LogP contribution in [0, 0.1) is 0 Å². The van der Waals surface area contributed by atoms with E-state index in [0.29, 0.717) is 22.5 Å². The molecule has 0 aliphatic heterocycles. The summed E-state index contributed by atoms with van der Waals surface area (Å²) in [6.07, 6.45) is 0. The van der Waals surface area contributed by atoms with Crippen molar-refractivity contribution in [3.05, 3.63) is 24.3 Å². The molecule has 0 bridgehead atoms. The number of aromatic hydroxyl groups is 1. The van der Waals surface area contributed by atoms with Gasteiger partial charge in [-0.1, -0.05) is 5.04 Å². The van der Waals surface area contributed by atoms with Crippen LogP contribution in [0.4, 0.5) is 5.69 Å². The van der Waals surface area contributed by atoms with Crippen LogP contribution >= 0.6 is 12.0 Å². The Hall–Kier alpha value is -2.02. The minimum absolute atomic E-state index is 0.0263. The molecule has 5 N–H and O–H groups in total. The van der Waals surface area contributed by atoms with Crippen LogP contribution in [0.3, 0.4) is 0 Å². The van der Waals surface area contributed by atoms with Crippen molar-refractivity contribution in [2.45, 2.75) is 9.79 Å². The molecule has 0 radical (unpaired) electrons. The average molecular weight is 359 g/mol. The molecular weight excluding hydrogens is 350 g/mol. The minimum atomic E-state index is -4.77. The SMILES string of the molecule is Nc1cc2oc3ccc(SOOO)cc3c2c(S(=O)(=O)O)c1O. The largest absolute Gasteiger partial charge is 0.504 e. The van der Waals surface area contributed by atoms with Crippen LogP contribution < -0.4 is 5.73 Å². The van der Waals surface area contributed by atoms with Crippen molar-refractivity contribution in [1.29, 1.82) is 0 Å². The second-order valence-corrected chi connectivity index (χ2v) is 6.61. The number of nitrogens with two attached hydrogens (primary N) is 1. The molecule has 0 amide bonds. The summed E-state index contributed by atoms with van der Waals surface area (Å²) in [6, 6.07) is 5.79. The molecule has 11 heteroatoms. The summed E-state index contributed by atoms with van der Waals surface area (Å²) in [6.45, 7) is 0. The number of phenolic OH excluding ortho intramolecular Hbond substituents is 1. The van der Waals surface area contributed by atoms with Gasteiger partial charge in [-0.25, -0.2) is 5.26 Å². The summed E-state index contributed by atoms with van der Waals surface area (Å²) in [4.78, 5) is -0.306. The third-order valence-electron chi connectivity index (χ3n) is 3.11. The number of fused-ring (bicyclic) bond motifs is 3. The van der Waals surface area contributed by atoms with Crippen LogP contribution in [-0.2, 0) is 19.5 Å². The van der Waals surface area contributed by atoms with E-state index in [9.17, 15) is 18.1 Å². The molecule has 1 heterocycles. The lowest BCUT2D eigenvalue weighted by molar-refractivity contribution is -0.432. The molecule has 0 unspecified atom stereocenters. The first-order chi connectivity index (χ1) is 10.8. The summed E-state index contributed by atoms with van der Waals surface area (Å²) in [5.41, 5.74) is 5.66. The molecule has 0 aliphatic rings. The number of furan rings is 1. The van der Waals surface area contributed by atoms with E-state index >= 15 is 0 Å². The Morgan fingerprint density at radius 2 is 1.96 bits per heavy atom. The summed E-state index contributed by atoms with van der Waals surface area (Å²) >= 11 is 0.655. The first-order valence-electron chi connectivity index (χ1n) is 5.93. The highest BCUT2D eigenvalue weighted by Crippen LogP contribution is 2.42. The van der Waals surface area contributed by atoms with E-state index in [4.69, 9.17) is 15.4 Å². The van der Waals surface area contributed by atoms with Crippen molar-refractivity contribution in [3.63, 3.8) is 0 Å². The fourth-order valence-electron chi connectivity index (χ4n) is 2.25. The van der Waals surface area contributed by atoms with Gasteiger partial charge in [0.2, 0.25) is 0 Å². The second-order valence-electron chi connectivity index (χ2n) is 4.48. The molecule has 9 nitrogen and oxygen atoms in total. The Balaban J connectivity index is 2.41. The average Bonchev–Trinajstić information content (AvgIpc) is 2.82. The molecule has 2 aromatic carbocycles. The van der Waals surface area contributed by atoms with Crippen LogP contribution in [0.1, 0.15) is 0 Å². The fourth-order valence-corrected chi connectivity index (χ4v) is 3.48. The monoisotopic (exact) mass is 359 g/mol. The molecule has 23 heavy (non-hydrogen) atoms. The standard InChI is InChI=1S/C12H9NO8S2/c13-7-4-9-10(12(11(7)14)23(16,17)18)6-3-5(22-21-20-15)1-2-8(6)19-9/h1-4,14-15H,13H2,(H,16,17,18). The summed E-state index contributed by atoms with van der Waals surface area (Å²) in [5.74, 6) is -0.768. The van der Waals surface area contributed by atoms with E-state index in [2.05, 4.69) is 9.37 Å². The first-order valence-corrected chi connectivity index (χ1v) is 8.11. The Kier molecular flexibility index (Phi) is 3.83. The molecule has 3 aromatic rings. The van der Waals surface area contributed by atoms with Crippen LogP contribution in [-0.4, -0.2) is 23.3 Å². The lowest BCUT2D eigenvalue weighted by Crippen LogP contribution is -2.01. The Morgan fingerprint density at radius 1 is 1.22 bits per heavy atom. The van der Waals surface area contributed by atoms with Gasteiger partial charge in [-0.05, 0) is 18.2 Å². The lowest BCUT2D eigenvalue weighted by Gasteiger charge is -2.06. The number of benzene rings is 2. The third-order valence-corrected chi connectivity index (χ3v) is 4.60. The van der Waals surface area contributed by atoms with E-state index in [0.717, 1.165) is 0 Å². The van der Waals surface area contributed by atoms with Crippen molar-refractivity contribution in [2.75, 3.05) is 5.73 Å². The van der Waals surface area contributed by atoms with Gasteiger partial charge >= 0.3 is 0 Å². The van der Waals surface area contributed by atoms with Gasteiger partial charge in [-0.3, -0.25) is 4.55 Å². The van der Waals surface area contributed by atoms with Gasteiger partial charge in [0.25, 0.3) is 10.1 Å². The Bertz CT molecular complexity index is 1010. The zero-order valence-electron chi connectivity index (χ0n) is 11.1. The quantitative estimate of drug-likeness (QED) is 0.136. The molecule has 0 atom stereocenters. The van der Waals surface area contributed by atoms with Gasteiger partial charge in [-0.15, -0.1) is 4.33 Å². The number of rotatable bonds is 4. The van der Waals surface area contributed by atoms with Crippen molar-refractivity contribution in [3.8, 4) is 5.75 Å². The number of hydrogen-bond donors (Lipinski definition) is 4. The normalized spacial score (nSPS) is 12.3. The van der Waals surface area contributed by atoms with Crippen molar-refractivity contribution in [1.82, 2.24) is 0 Å². The smallest absolute Gasteiger partial charge is 0.299 e. The molecule has 0 fully saturated rings. The second kappa shape index (κ2) is 5.56. The van der Waals surface area contributed by atoms with Crippen LogP contribution in [0.2, 0.25) is 0 Å². The molecular formula is C12H9NO8S2. The number of phenols is 1. The van der Waals surface area contributed by atoms with Crippen LogP contribution in [0.15, 0.2) is 38.5 Å². The minimum Gasteiger partial charge on any atom is -0.504 e. The first kappa shape index (κ1) is 15.9. The highest BCUT2D eigenvalue weighted by Gasteiger charge is 2.26. The van der Waals surface area contributed by atoms with Gasteiger partial charge in [-0.2, -0.15) is 8.42 Å². The van der Waals surface area contributed by atoms with E-state index in [1.54, 1.807) is 6.07 Å². The van der Waals surface area contributed by atoms with E-state index in [1.165, 1.54) is 18.2 Å². The van der Waals surface area contributed by atoms with Gasteiger partial charge in [0, 0.05) is 16.3 Å². The number of nitrogen functional groups attached to an aromatic ring is 1. The fraction of sp³-hybridized carbons (Fsp3) is 0. The lowest BCUT2D eigenvalue weighted by atomic mass is 10.1. The maximum atomic E-state index is 11.6. The Labute approximate surface area is 133 Å². The molecule has 3 rings (SSSR count). The van der Waals surface area contributed by atoms with Gasteiger partial charge in [0.05, 0.1) is 23.1 Å². The molecule has 0 aliphatic carbocycles. The van der Waals surface area contributed by atoms with E-state index in [1.807, 2.05) is 0 Å². The van der Waals surface area contributed by atoms with Gasteiger partial charge in [0.1, 0.15) is 16.1 Å². The highest BCUT2D eigenvalue weighted by molar-refractivity contribution is 7.94. The number of anilines is 1. The van der Waals surface area contributed by atoms with E-state index < -0.39 is 20.8 Å². The molecule has 0 saturated carbocycles. The summed E-state index contributed by atoms with van der Waals surface area (Å²) < 4.78 is 42.5. The summed E-state index contributed by atoms with van der Waals surface area (Å²) in [7, 11) is -4.77.